The normalized spacial score (nSPS) is 13.1. The number of para-hydroxylation sites is 3. The van der Waals surface area contributed by atoms with Gasteiger partial charge in [0, 0.05) is 12.0 Å². The van der Waals surface area contributed by atoms with Crippen molar-refractivity contribution in [2.75, 3.05) is 6.61 Å². The maximum atomic E-state index is 13.0. The van der Waals surface area contributed by atoms with Crippen molar-refractivity contribution >= 4 is 25.9 Å². The minimum absolute atomic E-state index is 0.0299. The largest absolute Gasteiger partial charge is 0.527 e. The zero-order valence-electron chi connectivity index (χ0n) is 31.8. The van der Waals surface area contributed by atoms with Gasteiger partial charge in [0.25, 0.3) is 0 Å². The first-order valence-corrected chi connectivity index (χ1v) is 19.1. The van der Waals surface area contributed by atoms with Gasteiger partial charge >= 0.3 is 25.9 Å². The Hall–Kier alpha value is -5.36. The van der Waals surface area contributed by atoms with Crippen molar-refractivity contribution < 1.29 is 56.6 Å². The summed E-state index contributed by atoms with van der Waals surface area (Å²) >= 11 is 0. The summed E-state index contributed by atoms with van der Waals surface area (Å²) in [5.74, 6) is 0.507. The smallest absolute Gasteiger partial charge is 0.489 e. The highest BCUT2D eigenvalue weighted by Gasteiger charge is 2.33. The minimum Gasteiger partial charge on any atom is -0.489 e. The van der Waals surface area contributed by atoms with Gasteiger partial charge in [0.1, 0.15) is 47.4 Å². The number of esters is 2. The van der Waals surface area contributed by atoms with Crippen LogP contribution < -0.4 is 19.3 Å². The molecule has 0 aromatic heterocycles. The Kier molecular flexibility index (Phi) is 14.9. The van der Waals surface area contributed by atoms with Crippen LogP contribution in [-0.4, -0.2) is 46.8 Å². The Labute approximate surface area is 321 Å². The van der Waals surface area contributed by atoms with Crippen LogP contribution in [0.3, 0.4) is 0 Å². The fraction of sp³-hybridized carbons (Fsp3) is 0.341. The van der Waals surface area contributed by atoms with Crippen LogP contribution in [0.2, 0.25) is 0 Å². The van der Waals surface area contributed by atoms with Gasteiger partial charge in [0.2, 0.25) is 0 Å². The van der Waals surface area contributed by atoms with E-state index in [1.807, 2.05) is 78.9 Å². The van der Waals surface area contributed by atoms with Gasteiger partial charge in [-0.3, -0.25) is 14.2 Å². The van der Waals surface area contributed by atoms with Crippen molar-refractivity contribution in [1.82, 2.24) is 5.32 Å². The molecule has 13 nitrogen and oxygen atoms in total. The topological polar surface area (TPSA) is 165 Å². The molecular formula is C41H48NO12P. The summed E-state index contributed by atoms with van der Waals surface area (Å²) in [4.78, 5) is 48.6. The molecule has 1 unspecified atom stereocenters. The second-order valence-corrected chi connectivity index (χ2v) is 15.7. The minimum atomic E-state index is -4.89. The lowest BCUT2D eigenvalue weighted by Crippen LogP contribution is -2.48. The molecule has 0 heterocycles. The maximum Gasteiger partial charge on any atom is 0.527 e. The molecule has 0 fully saturated rings. The zero-order chi connectivity index (χ0) is 40.1. The molecule has 55 heavy (non-hydrogen) atoms. The Morgan fingerprint density at radius 2 is 1.35 bits per heavy atom. The molecule has 2 N–H and O–H groups in total. The Balaban J connectivity index is 1.30. The van der Waals surface area contributed by atoms with E-state index in [9.17, 15) is 23.8 Å². The molecule has 294 valence electrons. The second kappa shape index (κ2) is 19.3. The summed E-state index contributed by atoms with van der Waals surface area (Å²) in [5, 5.41) is 2.31. The van der Waals surface area contributed by atoms with Gasteiger partial charge < -0.3 is 33.5 Å². The monoisotopic (exact) mass is 777 g/mol. The first-order valence-electron chi connectivity index (χ1n) is 17.6. The molecule has 4 aromatic rings. The van der Waals surface area contributed by atoms with Crippen molar-refractivity contribution in [2.45, 2.75) is 84.8 Å². The summed E-state index contributed by atoms with van der Waals surface area (Å²) in [5.41, 5.74) is 0.194. The summed E-state index contributed by atoms with van der Waals surface area (Å²) in [6.45, 7) is 9.02. The fourth-order valence-electron chi connectivity index (χ4n) is 4.83. The summed E-state index contributed by atoms with van der Waals surface area (Å²) < 4.78 is 51.5. The van der Waals surface area contributed by atoms with Crippen LogP contribution in [0.25, 0.3) is 0 Å². The highest BCUT2D eigenvalue weighted by atomic mass is 31.2. The van der Waals surface area contributed by atoms with Crippen molar-refractivity contribution in [3.8, 4) is 23.0 Å². The number of ether oxygens (including phenoxy) is 5. The van der Waals surface area contributed by atoms with Gasteiger partial charge in [-0.25, -0.2) is 14.2 Å². The van der Waals surface area contributed by atoms with Gasteiger partial charge in [-0.05, 0) is 95.5 Å². The van der Waals surface area contributed by atoms with Crippen molar-refractivity contribution in [3.05, 3.63) is 120 Å². The third kappa shape index (κ3) is 15.5. The maximum absolute atomic E-state index is 13.0. The molecular weight excluding hydrogens is 729 g/mol. The van der Waals surface area contributed by atoms with Crippen molar-refractivity contribution in [3.63, 3.8) is 0 Å². The van der Waals surface area contributed by atoms with E-state index in [1.165, 1.54) is 6.07 Å². The molecule has 2 atom stereocenters. The van der Waals surface area contributed by atoms with E-state index >= 15 is 0 Å². The first-order chi connectivity index (χ1) is 25.9. The molecule has 0 saturated heterocycles. The van der Waals surface area contributed by atoms with E-state index in [0.29, 0.717) is 17.9 Å². The number of hydrogen-bond donors (Lipinski definition) is 2. The number of amides is 1. The van der Waals surface area contributed by atoms with E-state index in [4.69, 9.17) is 32.7 Å². The van der Waals surface area contributed by atoms with Crippen LogP contribution in [0, 0.1) is 0 Å². The van der Waals surface area contributed by atoms with Crippen LogP contribution in [0.15, 0.2) is 103 Å². The first kappa shape index (κ1) is 42.4. The molecule has 0 aliphatic heterocycles. The predicted molar refractivity (Wildman–Crippen MR) is 204 cm³/mol. The van der Waals surface area contributed by atoms with E-state index in [0.717, 1.165) is 16.9 Å². The lowest BCUT2D eigenvalue weighted by molar-refractivity contribution is -0.158. The van der Waals surface area contributed by atoms with Crippen LogP contribution in [-0.2, 0) is 52.5 Å². The van der Waals surface area contributed by atoms with Crippen LogP contribution in [0.5, 0.6) is 23.0 Å². The van der Waals surface area contributed by atoms with Gasteiger partial charge in [-0.2, -0.15) is 0 Å². The van der Waals surface area contributed by atoms with Crippen LogP contribution in [0.1, 0.15) is 64.7 Å². The number of phosphoric acid groups is 1. The molecule has 0 bridgehead atoms. The van der Waals surface area contributed by atoms with E-state index < -0.39 is 49.7 Å². The molecule has 0 aliphatic carbocycles. The lowest BCUT2D eigenvalue weighted by atomic mass is 10.1. The van der Waals surface area contributed by atoms with Gasteiger partial charge in [0.05, 0.1) is 6.61 Å². The number of carbonyl (C=O) groups is 3. The average molecular weight is 778 g/mol. The quantitative estimate of drug-likeness (QED) is 0.0598. The van der Waals surface area contributed by atoms with E-state index in [2.05, 4.69) is 5.32 Å². The summed E-state index contributed by atoms with van der Waals surface area (Å²) in [7, 11) is -4.89. The summed E-state index contributed by atoms with van der Waals surface area (Å²) in [6.07, 6.45) is -0.595. The molecule has 1 amide bonds. The number of alkyl carbamates (subject to hydrolysis) is 1. The predicted octanol–water partition coefficient (Wildman–Crippen LogP) is 8.46. The fourth-order valence-corrected chi connectivity index (χ4v) is 5.64. The van der Waals surface area contributed by atoms with Gasteiger partial charge in [-0.15, -0.1) is 0 Å². The highest BCUT2D eigenvalue weighted by molar-refractivity contribution is 7.47. The number of rotatable bonds is 17. The lowest BCUT2D eigenvalue weighted by Gasteiger charge is -2.26. The van der Waals surface area contributed by atoms with Crippen LogP contribution in [0.4, 0.5) is 4.79 Å². The standard InChI is InChI=1S/C41H48NO12P/c1-40(2,3)52-38(44)34(42-39(45)53-41(4,5)6)28-50-55(46,47)54-36-22-13-11-17-31(36)27-49-37(43)24-23-30-16-10-12-21-35(30)48-26-29-15-14-20-33(25-29)51-32-18-8-7-9-19-32/h7-22,25,34H,23-24,26-28H2,1-6H3,(H,42,45)(H,46,47)/t34-/m0/s1. The van der Waals surface area contributed by atoms with Crippen molar-refractivity contribution in [1.29, 1.82) is 0 Å². The molecule has 14 heteroatoms. The molecule has 4 rings (SSSR count). The highest BCUT2D eigenvalue weighted by Crippen LogP contribution is 2.45. The number of aryl methyl sites for hydroxylation is 1. The number of hydrogen-bond acceptors (Lipinski definition) is 11. The third-order valence-corrected chi connectivity index (χ3v) is 8.11. The average Bonchev–Trinajstić information content (AvgIpc) is 3.10. The molecule has 0 radical (unpaired) electrons. The Morgan fingerprint density at radius 1 is 0.727 bits per heavy atom. The molecule has 0 spiro atoms. The summed E-state index contributed by atoms with van der Waals surface area (Å²) in [6, 6.07) is 29.1. The molecule has 0 aliphatic rings. The Morgan fingerprint density at radius 3 is 2.04 bits per heavy atom. The number of carbonyl (C=O) groups excluding carboxylic acids is 3. The van der Waals surface area contributed by atoms with Gasteiger partial charge in [-0.1, -0.05) is 66.7 Å². The zero-order valence-corrected chi connectivity index (χ0v) is 32.7. The Bertz CT molecular complexity index is 1940. The third-order valence-electron chi connectivity index (χ3n) is 7.20. The second-order valence-electron chi connectivity index (χ2n) is 14.3. The number of nitrogens with one attached hydrogen (secondary N) is 1. The molecule has 0 saturated carbocycles. The van der Waals surface area contributed by atoms with E-state index in [1.54, 1.807) is 59.7 Å². The van der Waals surface area contributed by atoms with Gasteiger partial charge in [0.15, 0.2) is 6.04 Å². The molecule has 4 aromatic carbocycles. The van der Waals surface area contributed by atoms with Crippen LogP contribution >= 0.6 is 7.82 Å². The number of benzene rings is 4. The number of phosphoric ester groups is 1. The van der Waals surface area contributed by atoms with E-state index in [-0.39, 0.29) is 30.9 Å². The van der Waals surface area contributed by atoms with Crippen molar-refractivity contribution in [2.24, 2.45) is 0 Å². The SMILES string of the molecule is CC(C)(C)OC(=O)N[C@@H](COP(=O)(O)Oc1ccccc1COC(=O)CCc1ccccc1OCc1cccc(Oc2ccccc2)c1)C(=O)OC(C)(C)C.